The highest BCUT2D eigenvalue weighted by atomic mass is 16.3. The molecule has 1 rings (SSSR count). The standard InChI is InChI=1S/C17H30N2O/c1-4-18(5-2)12-7-13-19(6-3)14-16-8-10-17(15-20)11-9-16/h8-11,20H,4-7,12-15H2,1-3H3. The predicted octanol–water partition coefficient (Wildman–Crippen LogP) is 2.73. The molecule has 3 nitrogen and oxygen atoms in total. The summed E-state index contributed by atoms with van der Waals surface area (Å²) >= 11 is 0. The second-order valence-electron chi connectivity index (χ2n) is 5.22. The summed E-state index contributed by atoms with van der Waals surface area (Å²) in [6, 6.07) is 8.27. The van der Waals surface area contributed by atoms with E-state index in [1.165, 1.54) is 18.5 Å². The van der Waals surface area contributed by atoms with E-state index in [1.807, 2.05) is 12.1 Å². The first-order valence-electron chi connectivity index (χ1n) is 7.86. The molecule has 0 bridgehead atoms. The van der Waals surface area contributed by atoms with Gasteiger partial charge in [0.1, 0.15) is 0 Å². The molecule has 1 N–H and O–H groups in total. The van der Waals surface area contributed by atoms with Crippen molar-refractivity contribution in [3.05, 3.63) is 35.4 Å². The topological polar surface area (TPSA) is 26.7 Å². The molecule has 0 saturated heterocycles. The van der Waals surface area contributed by atoms with Gasteiger partial charge in [-0.15, -0.1) is 0 Å². The molecule has 0 amide bonds. The van der Waals surface area contributed by atoms with Crippen molar-refractivity contribution in [2.75, 3.05) is 32.7 Å². The van der Waals surface area contributed by atoms with E-state index in [0.29, 0.717) is 0 Å². The summed E-state index contributed by atoms with van der Waals surface area (Å²) in [5.74, 6) is 0. The molecule has 0 atom stereocenters. The third-order valence-electron chi connectivity index (χ3n) is 3.90. The molecular weight excluding hydrogens is 248 g/mol. The van der Waals surface area contributed by atoms with E-state index < -0.39 is 0 Å². The van der Waals surface area contributed by atoms with Gasteiger partial charge in [-0.1, -0.05) is 45.0 Å². The number of aliphatic hydroxyl groups is 1. The average molecular weight is 278 g/mol. The molecule has 114 valence electrons. The molecule has 0 aliphatic heterocycles. The van der Waals surface area contributed by atoms with E-state index in [1.54, 1.807) is 0 Å². The number of nitrogens with zero attached hydrogens (tertiary/aromatic N) is 2. The monoisotopic (exact) mass is 278 g/mol. The van der Waals surface area contributed by atoms with Gasteiger partial charge in [-0.05, 0) is 50.3 Å². The number of hydrogen-bond acceptors (Lipinski definition) is 3. The quantitative estimate of drug-likeness (QED) is 0.713. The summed E-state index contributed by atoms with van der Waals surface area (Å²) in [5.41, 5.74) is 2.31. The van der Waals surface area contributed by atoms with Crippen LogP contribution in [0.2, 0.25) is 0 Å². The number of aliphatic hydroxyl groups excluding tert-OH is 1. The van der Waals surface area contributed by atoms with E-state index >= 15 is 0 Å². The maximum absolute atomic E-state index is 9.06. The number of hydrogen-bond donors (Lipinski definition) is 1. The normalized spacial score (nSPS) is 11.5. The van der Waals surface area contributed by atoms with Crippen molar-refractivity contribution >= 4 is 0 Å². The molecule has 0 fully saturated rings. The Morgan fingerprint density at radius 1 is 0.800 bits per heavy atom. The SMILES string of the molecule is CCN(CC)CCCN(CC)Cc1ccc(CO)cc1. The molecule has 1 aromatic carbocycles. The van der Waals surface area contributed by atoms with Gasteiger partial charge < -0.3 is 10.0 Å². The Bertz CT molecular complexity index is 347. The Balaban J connectivity index is 2.38. The zero-order chi connectivity index (χ0) is 14.8. The van der Waals surface area contributed by atoms with Crippen molar-refractivity contribution in [3.8, 4) is 0 Å². The van der Waals surface area contributed by atoms with E-state index in [4.69, 9.17) is 5.11 Å². The fraction of sp³-hybridized carbons (Fsp3) is 0.647. The summed E-state index contributed by atoms with van der Waals surface area (Å²) in [6.07, 6.45) is 1.23. The summed E-state index contributed by atoms with van der Waals surface area (Å²) in [7, 11) is 0. The minimum absolute atomic E-state index is 0.127. The van der Waals surface area contributed by atoms with Crippen LogP contribution in [0.1, 0.15) is 38.3 Å². The lowest BCUT2D eigenvalue weighted by Crippen LogP contribution is -2.29. The van der Waals surface area contributed by atoms with Crippen LogP contribution < -0.4 is 0 Å². The van der Waals surface area contributed by atoms with Gasteiger partial charge in [-0.25, -0.2) is 0 Å². The molecule has 0 unspecified atom stereocenters. The van der Waals surface area contributed by atoms with E-state index in [0.717, 1.165) is 38.3 Å². The highest BCUT2D eigenvalue weighted by molar-refractivity contribution is 5.21. The zero-order valence-corrected chi connectivity index (χ0v) is 13.3. The smallest absolute Gasteiger partial charge is 0.0681 e. The first-order chi connectivity index (χ1) is 9.73. The third kappa shape index (κ3) is 6.04. The molecule has 0 heterocycles. The van der Waals surface area contributed by atoms with Crippen LogP contribution in [0.5, 0.6) is 0 Å². The van der Waals surface area contributed by atoms with Crippen molar-refractivity contribution in [1.29, 1.82) is 0 Å². The summed E-state index contributed by atoms with van der Waals surface area (Å²) in [4.78, 5) is 4.96. The van der Waals surface area contributed by atoms with E-state index in [9.17, 15) is 0 Å². The van der Waals surface area contributed by atoms with Crippen molar-refractivity contribution < 1.29 is 5.11 Å². The van der Waals surface area contributed by atoms with Crippen LogP contribution in [0.25, 0.3) is 0 Å². The van der Waals surface area contributed by atoms with E-state index in [2.05, 4.69) is 42.7 Å². The summed E-state index contributed by atoms with van der Waals surface area (Å²) in [5, 5.41) is 9.06. The lowest BCUT2D eigenvalue weighted by atomic mass is 10.1. The van der Waals surface area contributed by atoms with Gasteiger partial charge in [-0.2, -0.15) is 0 Å². The molecule has 0 saturated carbocycles. The van der Waals surface area contributed by atoms with Crippen LogP contribution in [-0.4, -0.2) is 47.6 Å². The first-order valence-corrected chi connectivity index (χ1v) is 7.86. The zero-order valence-electron chi connectivity index (χ0n) is 13.3. The molecular formula is C17H30N2O. The maximum Gasteiger partial charge on any atom is 0.0681 e. The Labute approximate surface area is 124 Å². The average Bonchev–Trinajstić information content (AvgIpc) is 2.51. The lowest BCUT2D eigenvalue weighted by molar-refractivity contribution is 0.238. The predicted molar refractivity (Wildman–Crippen MR) is 85.7 cm³/mol. The van der Waals surface area contributed by atoms with Gasteiger partial charge in [-0.3, -0.25) is 4.90 Å². The molecule has 0 aromatic heterocycles. The molecule has 0 aliphatic carbocycles. The minimum Gasteiger partial charge on any atom is -0.392 e. The molecule has 0 aliphatic rings. The Morgan fingerprint density at radius 3 is 1.80 bits per heavy atom. The van der Waals surface area contributed by atoms with Gasteiger partial charge in [0, 0.05) is 6.54 Å². The molecule has 1 aromatic rings. The van der Waals surface area contributed by atoms with Crippen molar-refractivity contribution in [2.24, 2.45) is 0 Å². The molecule has 3 heteroatoms. The van der Waals surface area contributed by atoms with Crippen molar-refractivity contribution in [2.45, 2.75) is 40.3 Å². The molecule has 0 spiro atoms. The van der Waals surface area contributed by atoms with Crippen LogP contribution in [-0.2, 0) is 13.2 Å². The van der Waals surface area contributed by atoms with Crippen LogP contribution in [0.15, 0.2) is 24.3 Å². The molecule has 20 heavy (non-hydrogen) atoms. The van der Waals surface area contributed by atoms with Crippen LogP contribution in [0.4, 0.5) is 0 Å². The van der Waals surface area contributed by atoms with Gasteiger partial charge >= 0.3 is 0 Å². The van der Waals surface area contributed by atoms with E-state index in [-0.39, 0.29) is 6.61 Å². The van der Waals surface area contributed by atoms with Crippen LogP contribution in [0, 0.1) is 0 Å². The van der Waals surface area contributed by atoms with Crippen molar-refractivity contribution in [1.82, 2.24) is 9.80 Å². The van der Waals surface area contributed by atoms with Gasteiger partial charge in [0.2, 0.25) is 0 Å². The highest BCUT2D eigenvalue weighted by Gasteiger charge is 2.05. The summed E-state index contributed by atoms with van der Waals surface area (Å²) < 4.78 is 0. The second kappa shape index (κ2) is 9.92. The first kappa shape index (κ1) is 17.2. The molecule has 0 radical (unpaired) electrons. The van der Waals surface area contributed by atoms with Crippen LogP contribution in [0.3, 0.4) is 0 Å². The minimum atomic E-state index is 0.127. The Morgan fingerprint density at radius 2 is 1.30 bits per heavy atom. The van der Waals surface area contributed by atoms with Gasteiger partial charge in [0.25, 0.3) is 0 Å². The van der Waals surface area contributed by atoms with Crippen molar-refractivity contribution in [3.63, 3.8) is 0 Å². The fourth-order valence-electron chi connectivity index (χ4n) is 2.42. The highest BCUT2D eigenvalue weighted by Crippen LogP contribution is 2.08. The Kier molecular flexibility index (Phi) is 8.51. The third-order valence-corrected chi connectivity index (χ3v) is 3.90. The fourth-order valence-corrected chi connectivity index (χ4v) is 2.42. The maximum atomic E-state index is 9.06. The van der Waals surface area contributed by atoms with Gasteiger partial charge in [0.05, 0.1) is 6.61 Å². The largest absolute Gasteiger partial charge is 0.392 e. The summed E-state index contributed by atoms with van der Waals surface area (Å²) in [6.45, 7) is 13.5. The van der Waals surface area contributed by atoms with Gasteiger partial charge in [0.15, 0.2) is 0 Å². The number of rotatable bonds is 10. The Hall–Kier alpha value is -0.900. The number of benzene rings is 1. The lowest BCUT2D eigenvalue weighted by Gasteiger charge is -2.23. The van der Waals surface area contributed by atoms with Crippen LogP contribution >= 0.6 is 0 Å². The second-order valence-corrected chi connectivity index (χ2v) is 5.22.